The van der Waals surface area contributed by atoms with Gasteiger partial charge >= 0.3 is 5.97 Å². The molecule has 0 amide bonds. The van der Waals surface area contributed by atoms with E-state index in [1.54, 1.807) is 48.5 Å². The average molecular weight is 487 g/mol. The van der Waals surface area contributed by atoms with Crippen LogP contribution in [0.25, 0.3) is 0 Å². The van der Waals surface area contributed by atoms with E-state index >= 15 is 0 Å². The number of carbonyl (C=O) groups is 1. The van der Waals surface area contributed by atoms with Crippen LogP contribution < -0.4 is 4.74 Å². The van der Waals surface area contributed by atoms with Gasteiger partial charge in [0.2, 0.25) is 0 Å². The van der Waals surface area contributed by atoms with Crippen molar-refractivity contribution in [2.24, 2.45) is 0 Å². The van der Waals surface area contributed by atoms with Gasteiger partial charge in [0.25, 0.3) is 11.4 Å². The summed E-state index contributed by atoms with van der Waals surface area (Å²) < 4.78 is 9.03. The van der Waals surface area contributed by atoms with Gasteiger partial charge in [0.15, 0.2) is 4.08 Å². The Bertz CT molecular complexity index is 1090. The minimum Gasteiger partial charge on any atom is -0.497 e. The molecule has 0 saturated carbocycles. The van der Waals surface area contributed by atoms with E-state index in [0.29, 0.717) is 21.1 Å². The normalized spacial score (nSPS) is 11.0. The van der Waals surface area contributed by atoms with E-state index in [9.17, 15) is 25.0 Å². The molecule has 3 aromatic rings. The second-order valence-electron chi connectivity index (χ2n) is 6.54. The maximum absolute atomic E-state index is 13.2. The van der Waals surface area contributed by atoms with E-state index in [0.717, 1.165) is 23.5 Å². The summed E-state index contributed by atoms with van der Waals surface area (Å²) >= 11 is 2.30. The molecule has 0 bridgehead atoms. The first kappa shape index (κ1) is 24.1. The summed E-state index contributed by atoms with van der Waals surface area (Å²) in [4.78, 5) is 35.4. The second kappa shape index (κ2) is 10.4. The Labute approximate surface area is 197 Å². The van der Waals surface area contributed by atoms with Crippen molar-refractivity contribution in [3.8, 4) is 5.75 Å². The molecule has 33 heavy (non-hydrogen) atoms. The van der Waals surface area contributed by atoms with Crippen molar-refractivity contribution >= 4 is 40.9 Å². The Morgan fingerprint density at radius 1 is 0.758 bits per heavy atom. The number of benzene rings is 3. The molecule has 0 heterocycles. The third kappa shape index (κ3) is 5.44. The van der Waals surface area contributed by atoms with Crippen LogP contribution in [0.1, 0.15) is 5.56 Å². The lowest BCUT2D eigenvalue weighted by atomic mass is 10.1. The van der Waals surface area contributed by atoms with Gasteiger partial charge in [-0.25, -0.2) is 4.79 Å². The third-order valence-electron chi connectivity index (χ3n) is 4.54. The fraction of sp³-hybridized carbons (Fsp3) is 0.136. The van der Waals surface area contributed by atoms with E-state index in [4.69, 9.17) is 9.47 Å². The molecule has 11 heteroatoms. The molecule has 0 atom stereocenters. The molecule has 0 aliphatic rings. The lowest BCUT2D eigenvalue weighted by molar-refractivity contribution is -0.385. The van der Waals surface area contributed by atoms with Gasteiger partial charge < -0.3 is 9.47 Å². The molecule has 0 fully saturated rings. The minimum atomic E-state index is -1.35. The Morgan fingerprint density at radius 2 is 1.18 bits per heavy atom. The number of hydrogen-bond acceptors (Lipinski definition) is 9. The molecule has 0 aliphatic carbocycles. The van der Waals surface area contributed by atoms with E-state index < -0.39 is 19.9 Å². The van der Waals surface area contributed by atoms with Crippen molar-refractivity contribution in [2.75, 3.05) is 14.2 Å². The van der Waals surface area contributed by atoms with Crippen molar-refractivity contribution in [3.63, 3.8) is 0 Å². The first-order valence-corrected chi connectivity index (χ1v) is 11.0. The highest BCUT2D eigenvalue weighted by atomic mass is 32.2. The number of rotatable bonds is 9. The number of ether oxygens (including phenoxy) is 2. The number of methoxy groups -OCH3 is 2. The molecule has 0 aliphatic heterocycles. The zero-order valence-electron chi connectivity index (χ0n) is 17.5. The maximum atomic E-state index is 13.2. The fourth-order valence-electron chi connectivity index (χ4n) is 2.89. The standard InChI is InChI=1S/C22H18N2O7S2/c1-30-18-9-3-15(4-10-18)22(21(25)31-2,32-19-11-5-16(6-12-19)23(26)27)33-20-13-7-17(8-14-20)24(28)29/h3-14H,1-2H3. The number of nitrogens with zero attached hydrogens (tertiary/aromatic N) is 2. The lowest BCUT2D eigenvalue weighted by Crippen LogP contribution is -2.30. The molecule has 0 unspecified atom stereocenters. The summed E-state index contributed by atoms with van der Waals surface area (Å²) in [7, 11) is 2.80. The van der Waals surface area contributed by atoms with Crippen LogP contribution in [0.3, 0.4) is 0 Å². The highest BCUT2D eigenvalue weighted by molar-refractivity contribution is 8.18. The van der Waals surface area contributed by atoms with Crippen LogP contribution >= 0.6 is 23.5 Å². The lowest BCUT2D eigenvalue weighted by Gasteiger charge is -2.30. The zero-order valence-corrected chi connectivity index (χ0v) is 19.1. The van der Waals surface area contributed by atoms with Gasteiger partial charge in [0, 0.05) is 34.1 Å². The second-order valence-corrected chi connectivity index (χ2v) is 9.38. The van der Waals surface area contributed by atoms with Crippen molar-refractivity contribution in [3.05, 3.63) is 98.6 Å². The minimum absolute atomic E-state index is 0.0736. The summed E-state index contributed by atoms with van der Waals surface area (Å²) in [5.41, 5.74) is 0.438. The Balaban J connectivity index is 2.10. The first-order valence-electron chi connectivity index (χ1n) is 9.39. The number of hydrogen-bond donors (Lipinski definition) is 0. The Hall–Kier alpha value is -3.57. The smallest absolute Gasteiger partial charge is 0.337 e. The number of carbonyl (C=O) groups excluding carboxylic acids is 1. The molecule has 3 rings (SSSR count). The highest BCUT2D eigenvalue weighted by Crippen LogP contribution is 2.54. The SMILES string of the molecule is COC(=O)C(Sc1ccc([N+](=O)[O-])cc1)(Sc1ccc([N+](=O)[O-])cc1)c1ccc(OC)cc1. The van der Waals surface area contributed by atoms with Crippen LogP contribution in [0.4, 0.5) is 11.4 Å². The van der Waals surface area contributed by atoms with Gasteiger partial charge in [-0.15, -0.1) is 0 Å². The van der Waals surface area contributed by atoms with Gasteiger partial charge in [-0.1, -0.05) is 35.7 Å². The zero-order chi connectivity index (χ0) is 24.0. The molecule has 0 aromatic heterocycles. The van der Waals surface area contributed by atoms with Gasteiger partial charge in [-0.05, 0) is 42.0 Å². The van der Waals surface area contributed by atoms with Gasteiger partial charge in [0.1, 0.15) is 5.75 Å². The number of nitro groups is 2. The molecule has 0 N–H and O–H groups in total. The number of nitro benzene ring substituents is 2. The topological polar surface area (TPSA) is 122 Å². The van der Waals surface area contributed by atoms with Crippen molar-refractivity contribution in [1.82, 2.24) is 0 Å². The van der Waals surface area contributed by atoms with Crippen molar-refractivity contribution in [1.29, 1.82) is 0 Å². The van der Waals surface area contributed by atoms with E-state index in [2.05, 4.69) is 0 Å². The van der Waals surface area contributed by atoms with E-state index in [1.165, 1.54) is 38.5 Å². The first-order chi connectivity index (χ1) is 15.8. The molecular formula is C22H18N2O7S2. The molecule has 0 radical (unpaired) electrons. The average Bonchev–Trinajstić information content (AvgIpc) is 2.83. The summed E-state index contributed by atoms with van der Waals surface area (Å²) in [6, 6.07) is 18.5. The van der Waals surface area contributed by atoms with Gasteiger partial charge in [0.05, 0.1) is 24.1 Å². The predicted octanol–water partition coefficient (Wildman–Crippen LogP) is 5.42. The molecule has 0 saturated heterocycles. The number of non-ortho nitro benzene ring substituents is 2. The van der Waals surface area contributed by atoms with E-state index in [1.807, 2.05) is 0 Å². The van der Waals surface area contributed by atoms with Crippen LogP contribution in [-0.2, 0) is 13.6 Å². The van der Waals surface area contributed by atoms with Crippen molar-refractivity contribution in [2.45, 2.75) is 13.9 Å². The van der Waals surface area contributed by atoms with Crippen molar-refractivity contribution < 1.29 is 24.1 Å². The number of thioether (sulfide) groups is 2. The monoisotopic (exact) mass is 486 g/mol. The summed E-state index contributed by atoms with van der Waals surface area (Å²) in [6.45, 7) is 0. The van der Waals surface area contributed by atoms with E-state index in [-0.39, 0.29) is 11.4 Å². The predicted molar refractivity (Wildman–Crippen MR) is 125 cm³/mol. The Kier molecular flexibility index (Phi) is 7.56. The van der Waals surface area contributed by atoms with Crippen LogP contribution in [0, 0.1) is 20.2 Å². The molecule has 170 valence electrons. The van der Waals surface area contributed by atoms with Crippen LogP contribution in [0.15, 0.2) is 82.6 Å². The van der Waals surface area contributed by atoms with Crippen LogP contribution in [0.2, 0.25) is 0 Å². The summed E-state index contributed by atoms with van der Waals surface area (Å²) in [6.07, 6.45) is 0. The summed E-state index contributed by atoms with van der Waals surface area (Å²) in [5.74, 6) is 0.0255. The van der Waals surface area contributed by atoms with Crippen LogP contribution in [-0.4, -0.2) is 30.0 Å². The maximum Gasteiger partial charge on any atom is 0.337 e. The molecule has 9 nitrogen and oxygen atoms in total. The highest BCUT2D eigenvalue weighted by Gasteiger charge is 2.44. The van der Waals surface area contributed by atoms with Gasteiger partial charge in [-0.2, -0.15) is 0 Å². The number of esters is 1. The largest absolute Gasteiger partial charge is 0.497 e. The molecule has 0 spiro atoms. The molecular weight excluding hydrogens is 468 g/mol. The van der Waals surface area contributed by atoms with Gasteiger partial charge in [-0.3, -0.25) is 20.2 Å². The fourth-order valence-corrected chi connectivity index (χ4v) is 5.68. The molecule has 3 aromatic carbocycles. The van der Waals surface area contributed by atoms with Crippen LogP contribution in [0.5, 0.6) is 5.75 Å². The quantitative estimate of drug-likeness (QED) is 0.128. The Morgan fingerprint density at radius 3 is 1.52 bits per heavy atom. The summed E-state index contributed by atoms with van der Waals surface area (Å²) in [5, 5.41) is 22.0. The third-order valence-corrected chi connectivity index (χ3v) is 7.44.